The molecule has 1 aliphatic rings. The maximum atomic E-state index is 13.4. The lowest BCUT2D eigenvalue weighted by atomic mass is 9.98. The number of carbonyl (C=O) groups excluding carboxylic acids is 2. The summed E-state index contributed by atoms with van der Waals surface area (Å²) in [4.78, 5) is 45.2. The van der Waals surface area contributed by atoms with E-state index in [0.717, 1.165) is 12.8 Å². The first kappa shape index (κ1) is 27.3. The third kappa shape index (κ3) is 6.58. The van der Waals surface area contributed by atoms with Gasteiger partial charge in [0.15, 0.2) is 0 Å². The first-order chi connectivity index (χ1) is 16.1. The minimum Gasteiger partial charge on any atom is -0.494 e. The average Bonchev–Trinajstić information content (AvgIpc) is 2.78. The molecule has 0 atom stereocenters. The number of nitrogens with zero attached hydrogens (tertiary/aromatic N) is 3. The molecule has 0 radical (unpaired) electrons. The Morgan fingerprint density at radius 1 is 0.971 bits per heavy atom. The van der Waals surface area contributed by atoms with Crippen molar-refractivity contribution in [3.05, 3.63) is 28.1 Å². The maximum Gasteiger partial charge on any atom is 0.278 e. The molecule has 8 heteroatoms. The minimum atomic E-state index is -0.479. The number of carbonyl (C=O) groups is 2. The van der Waals surface area contributed by atoms with Gasteiger partial charge in [0, 0.05) is 31.7 Å². The molecule has 0 aliphatic carbocycles. The van der Waals surface area contributed by atoms with E-state index in [1.807, 2.05) is 41.5 Å². The van der Waals surface area contributed by atoms with Crippen LogP contribution in [0.3, 0.4) is 0 Å². The number of pyridine rings is 1. The van der Waals surface area contributed by atoms with Gasteiger partial charge < -0.3 is 10.4 Å². The van der Waals surface area contributed by atoms with Crippen molar-refractivity contribution in [2.45, 2.75) is 73.8 Å². The van der Waals surface area contributed by atoms with Crippen molar-refractivity contribution in [2.75, 3.05) is 25.0 Å². The lowest BCUT2D eigenvalue weighted by molar-refractivity contribution is -0.137. The van der Waals surface area contributed by atoms with Crippen LogP contribution in [0.1, 0.15) is 72.8 Å². The van der Waals surface area contributed by atoms with Gasteiger partial charge in [-0.1, -0.05) is 54.4 Å². The summed E-state index contributed by atoms with van der Waals surface area (Å²) in [6.45, 7) is 13.7. The van der Waals surface area contributed by atoms with Gasteiger partial charge in [-0.05, 0) is 36.8 Å². The number of aromatic nitrogens is 1. The van der Waals surface area contributed by atoms with Gasteiger partial charge in [0.05, 0.1) is 5.57 Å². The molecule has 188 valence electrons. The third-order valence-corrected chi connectivity index (χ3v) is 5.57. The van der Waals surface area contributed by atoms with Gasteiger partial charge in [0.2, 0.25) is 5.88 Å². The zero-order valence-corrected chi connectivity index (χ0v) is 21.5. The van der Waals surface area contributed by atoms with E-state index in [2.05, 4.69) is 10.3 Å². The summed E-state index contributed by atoms with van der Waals surface area (Å²) < 4.78 is 1.31. The molecule has 2 rings (SSSR count). The third-order valence-electron chi connectivity index (χ3n) is 5.57. The Morgan fingerprint density at radius 2 is 1.62 bits per heavy atom. The van der Waals surface area contributed by atoms with Crippen LogP contribution in [0.4, 0.5) is 5.69 Å². The minimum absolute atomic E-state index is 0.175. The second-order valence-corrected chi connectivity index (χ2v) is 9.67. The van der Waals surface area contributed by atoms with Gasteiger partial charge in [-0.3, -0.25) is 28.8 Å². The highest BCUT2D eigenvalue weighted by molar-refractivity contribution is 6.53. The molecule has 0 spiro atoms. The van der Waals surface area contributed by atoms with Crippen LogP contribution < -0.4 is 10.9 Å². The summed E-state index contributed by atoms with van der Waals surface area (Å²) in [5, 5.41) is 14.3. The summed E-state index contributed by atoms with van der Waals surface area (Å²) >= 11 is 0. The Hall–Kier alpha value is -2.90. The molecule has 2 heterocycles. The van der Waals surface area contributed by atoms with Crippen LogP contribution in [0, 0.1) is 11.8 Å². The van der Waals surface area contributed by atoms with E-state index >= 15 is 0 Å². The van der Waals surface area contributed by atoms with Crippen LogP contribution in [0.5, 0.6) is 5.88 Å². The lowest BCUT2D eigenvalue weighted by Gasteiger charge is -2.27. The van der Waals surface area contributed by atoms with E-state index in [1.165, 1.54) is 21.6 Å². The number of aliphatic imine (C=N–C) groups is 1. The van der Waals surface area contributed by atoms with Crippen molar-refractivity contribution in [3.8, 4) is 5.88 Å². The number of aromatic hydroxyl groups is 1. The lowest BCUT2D eigenvalue weighted by Crippen LogP contribution is -2.45. The quantitative estimate of drug-likeness (QED) is 0.446. The first-order valence-electron chi connectivity index (χ1n) is 12.5. The molecule has 34 heavy (non-hydrogen) atoms. The first-order valence-corrected chi connectivity index (χ1v) is 12.5. The number of hydrogen-bond acceptors (Lipinski definition) is 6. The predicted octanol–water partition coefficient (Wildman–Crippen LogP) is 4.07. The van der Waals surface area contributed by atoms with Crippen LogP contribution >= 0.6 is 0 Å². The summed E-state index contributed by atoms with van der Waals surface area (Å²) in [7, 11) is 0. The fourth-order valence-electron chi connectivity index (χ4n) is 3.56. The van der Waals surface area contributed by atoms with Crippen LogP contribution in [-0.2, 0) is 16.1 Å². The Balaban J connectivity index is 2.69. The highest BCUT2D eigenvalue weighted by Gasteiger charge is 2.35. The second-order valence-electron chi connectivity index (χ2n) is 9.67. The molecule has 1 aromatic heterocycles. The molecule has 1 aromatic rings. The van der Waals surface area contributed by atoms with E-state index in [0.29, 0.717) is 44.1 Å². The topological polar surface area (TPSA) is 104 Å². The fraction of sp³-hybridized carbons (Fsp3) is 0.615. The van der Waals surface area contributed by atoms with E-state index in [9.17, 15) is 19.5 Å². The monoisotopic (exact) mass is 472 g/mol. The fourth-order valence-corrected chi connectivity index (χ4v) is 3.56. The molecule has 0 fully saturated rings. The number of imide groups is 1. The van der Waals surface area contributed by atoms with Crippen molar-refractivity contribution in [2.24, 2.45) is 16.8 Å². The van der Waals surface area contributed by atoms with Gasteiger partial charge >= 0.3 is 0 Å². The largest absolute Gasteiger partial charge is 0.494 e. The van der Waals surface area contributed by atoms with Crippen molar-refractivity contribution in [1.29, 1.82) is 0 Å². The molecule has 0 unspecified atom stereocenters. The van der Waals surface area contributed by atoms with E-state index in [4.69, 9.17) is 0 Å². The van der Waals surface area contributed by atoms with Crippen molar-refractivity contribution >= 4 is 28.8 Å². The Labute approximate surface area is 202 Å². The zero-order chi connectivity index (χ0) is 25.4. The molecular weight excluding hydrogens is 432 g/mol. The molecule has 2 amide bonds. The second kappa shape index (κ2) is 12.5. The Kier molecular flexibility index (Phi) is 10.1. The molecule has 0 saturated carbocycles. The van der Waals surface area contributed by atoms with Crippen LogP contribution in [0.15, 0.2) is 21.9 Å². The number of anilines is 1. The number of unbranched alkanes of at least 4 members (excludes halogenated alkanes) is 2. The van der Waals surface area contributed by atoms with Gasteiger partial charge in [0.25, 0.3) is 17.4 Å². The van der Waals surface area contributed by atoms with E-state index < -0.39 is 11.8 Å². The number of amides is 2. The Morgan fingerprint density at radius 3 is 2.21 bits per heavy atom. The van der Waals surface area contributed by atoms with Crippen LogP contribution in [0.25, 0.3) is 5.57 Å². The van der Waals surface area contributed by atoms with Gasteiger partial charge in [-0.25, -0.2) is 0 Å². The van der Waals surface area contributed by atoms with Crippen LogP contribution in [0.2, 0.25) is 0 Å². The van der Waals surface area contributed by atoms with Gasteiger partial charge in [-0.15, -0.1) is 0 Å². The SMILES string of the molecule is CCCCN1C(=O)C(c2cc(NCC(C)C)c(=O)n(CCCC)c2O)=CC(=NCC(C)C)C1=O. The predicted molar refractivity (Wildman–Crippen MR) is 137 cm³/mol. The van der Waals surface area contributed by atoms with E-state index in [1.54, 1.807) is 0 Å². The highest BCUT2D eigenvalue weighted by atomic mass is 16.3. The van der Waals surface area contributed by atoms with Crippen molar-refractivity contribution in [3.63, 3.8) is 0 Å². The molecule has 1 aliphatic heterocycles. The van der Waals surface area contributed by atoms with Crippen LogP contribution in [-0.4, -0.2) is 51.7 Å². The average molecular weight is 473 g/mol. The normalized spacial score (nSPS) is 15.6. The number of nitrogens with one attached hydrogen (secondary N) is 1. The summed E-state index contributed by atoms with van der Waals surface area (Å²) in [6.07, 6.45) is 4.51. The molecular formula is C26H40N4O4. The number of hydrogen-bond donors (Lipinski definition) is 2. The van der Waals surface area contributed by atoms with Gasteiger partial charge in [0.1, 0.15) is 11.4 Å². The molecule has 0 saturated heterocycles. The molecule has 2 N–H and O–H groups in total. The summed E-state index contributed by atoms with van der Waals surface area (Å²) in [5.41, 5.74) is 0.601. The maximum absolute atomic E-state index is 13.4. The zero-order valence-electron chi connectivity index (χ0n) is 21.5. The van der Waals surface area contributed by atoms with E-state index in [-0.39, 0.29) is 40.8 Å². The smallest absolute Gasteiger partial charge is 0.278 e. The molecule has 0 aromatic carbocycles. The summed E-state index contributed by atoms with van der Waals surface area (Å²) in [5.74, 6) is -0.614. The molecule has 0 bridgehead atoms. The Bertz CT molecular complexity index is 1000. The van der Waals surface area contributed by atoms with Gasteiger partial charge in [-0.2, -0.15) is 0 Å². The summed E-state index contributed by atoms with van der Waals surface area (Å²) in [6, 6.07) is 1.53. The highest BCUT2D eigenvalue weighted by Crippen LogP contribution is 2.31. The van der Waals surface area contributed by atoms with Crippen molar-refractivity contribution < 1.29 is 14.7 Å². The molecule has 8 nitrogen and oxygen atoms in total. The van der Waals surface area contributed by atoms with Crippen molar-refractivity contribution in [1.82, 2.24) is 9.47 Å². The standard InChI is InChI=1S/C26H40N4O4/c1-7-9-11-29-23(31)19(13-21(25(29)33)27-15-17(3)4)20-14-22(28-16-18(5)6)26(34)30(24(20)32)12-10-8-2/h13-14,17-18,27,31H,7-12,15-16H2,1-6H3. The number of rotatable bonds is 12.